The van der Waals surface area contributed by atoms with E-state index in [1.165, 1.54) is 29.9 Å². The molecule has 0 aliphatic carbocycles. The average Bonchev–Trinajstić information content (AvgIpc) is 2.96. The van der Waals surface area contributed by atoms with Gasteiger partial charge in [0.1, 0.15) is 11.4 Å². The Labute approximate surface area is 150 Å². The predicted octanol–water partition coefficient (Wildman–Crippen LogP) is 3.22. The first-order chi connectivity index (χ1) is 12.1. The van der Waals surface area contributed by atoms with Crippen molar-refractivity contribution in [3.63, 3.8) is 0 Å². The summed E-state index contributed by atoms with van der Waals surface area (Å²) in [6.07, 6.45) is 2.54. The number of alkyl carbamates (subject to hydrolysis) is 1. The van der Waals surface area contributed by atoms with Crippen molar-refractivity contribution >= 4 is 12.1 Å². The minimum atomic E-state index is -1.14. The van der Waals surface area contributed by atoms with Crippen molar-refractivity contribution in [2.75, 3.05) is 6.54 Å². The van der Waals surface area contributed by atoms with Gasteiger partial charge < -0.3 is 15.2 Å². The Morgan fingerprint density at radius 1 is 1.35 bits per heavy atom. The summed E-state index contributed by atoms with van der Waals surface area (Å²) in [5, 5.41) is 16.1. The highest BCUT2D eigenvalue weighted by molar-refractivity contribution is 5.96. The van der Waals surface area contributed by atoms with Gasteiger partial charge >= 0.3 is 12.1 Å². The number of ether oxygens (including phenoxy) is 1. The first-order valence-corrected chi connectivity index (χ1v) is 8.10. The molecule has 0 unspecified atom stereocenters. The third-order valence-corrected chi connectivity index (χ3v) is 3.48. The number of aromatic nitrogens is 2. The molecule has 0 atom stereocenters. The number of nitrogens with zero attached hydrogens (tertiary/aromatic N) is 2. The van der Waals surface area contributed by atoms with Crippen LogP contribution < -0.4 is 5.32 Å². The number of nitrogens with one attached hydrogen (secondary N) is 1. The summed E-state index contributed by atoms with van der Waals surface area (Å²) >= 11 is 0. The number of carbonyl (C=O) groups is 2. The van der Waals surface area contributed by atoms with E-state index in [9.17, 15) is 19.1 Å². The summed E-state index contributed by atoms with van der Waals surface area (Å²) in [4.78, 5) is 23.0. The lowest BCUT2D eigenvalue weighted by Gasteiger charge is -2.19. The van der Waals surface area contributed by atoms with Gasteiger partial charge in [-0.2, -0.15) is 5.10 Å². The maximum absolute atomic E-state index is 13.9. The molecule has 0 radical (unpaired) electrons. The Kier molecular flexibility index (Phi) is 5.64. The van der Waals surface area contributed by atoms with Crippen LogP contribution in [0.15, 0.2) is 24.5 Å². The van der Waals surface area contributed by atoms with E-state index in [4.69, 9.17) is 4.74 Å². The molecule has 0 saturated carbocycles. The van der Waals surface area contributed by atoms with E-state index in [1.807, 2.05) is 0 Å². The predicted molar refractivity (Wildman–Crippen MR) is 93.6 cm³/mol. The normalized spacial score (nSPS) is 11.3. The first kappa shape index (κ1) is 19.4. The van der Waals surface area contributed by atoms with E-state index >= 15 is 0 Å². The van der Waals surface area contributed by atoms with Gasteiger partial charge in [0.25, 0.3) is 0 Å². The molecule has 0 fully saturated rings. The highest BCUT2D eigenvalue weighted by Gasteiger charge is 2.17. The third kappa shape index (κ3) is 5.05. The van der Waals surface area contributed by atoms with Crippen molar-refractivity contribution in [1.29, 1.82) is 0 Å². The van der Waals surface area contributed by atoms with Gasteiger partial charge in [-0.15, -0.1) is 0 Å². The number of carboxylic acids is 1. The van der Waals surface area contributed by atoms with Crippen LogP contribution in [0.2, 0.25) is 0 Å². The second-order valence-corrected chi connectivity index (χ2v) is 6.87. The summed E-state index contributed by atoms with van der Waals surface area (Å²) < 4.78 is 20.5. The van der Waals surface area contributed by atoms with Crippen LogP contribution in [0.25, 0.3) is 11.1 Å². The molecule has 7 nitrogen and oxygen atoms in total. The number of amides is 1. The summed E-state index contributed by atoms with van der Waals surface area (Å²) in [6, 6.07) is 2.49. The molecule has 1 aromatic heterocycles. The zero-order valence-electron chi connectivity index (χ0n) is 15.2. The van der Waals surface area contributed by atoms with Gasteiger partial charge in [-0.3, -0.25) is 4.68 Å². The van der Waals surface area contributed by atoms with Gasteiger partial charge in [0, 0.05) is 23.9 Å². The molecule has 0 bridgehead atoms. The van der Waals surface area contributed by atoms with Crippen molar-refractivity contribution in [1.82, 2.24) is 15.1 Å². The lowest BCUT2D eigenvalue weighted by atomic mass is 10.00. The number of carbonyl (C=O) groups excluding carboxylic acids is 1. The molecule has 140 valence electrons. The molecule has 8 heteroatoms. The average molecular weight is 363 g/mol. The van der Waals surface area contributed by atoms with E-state index in [0.717, 1.165) is 0 Å². The van der Waals surface area contributed by atoms with Gasteiger partial charge in [-0.1, -0.05) is 0 Å². The summed E-state index contributed by atoms with van der Waals surface area (Å²) in [6.45, 7) is 7.46. The summed E-state index contributed by atoms with van der Waals surface area (Å²) in [5.74, 6) is -1.62. The van der Waals surface area contributed by atoms with Crippen LogP contribution in [0.3, 0.4) is 0 Å². The van der Waals surface area contributed by atoms with E-state index in [-0.39, 0.29) is 23.2 Å². The standard InChI is InChI=1S/C18H22FN3O4/c1-11-7-14(16(23)24)13(8-15(11)19)12-9-21-22(10-12)6-5-20-17(25)26-18(2,3)4/h7-10H,5-6H2,1-4H3,(H,20,25)(H,23,24). The number of benzene rings is 1. The lowest BCUT2D eigenvalue weighted by Crippen LogP contribution is -2.34. The Balaban J connectivity index is 2.08. The Hall–Kier alpha value is -2.90. The maximum atomic E-state index is 13.9. The molecule has 1 amide bonds. The molecule has 0 spiro atoms. The van der Waals surface area contributed by atoms with Crippen LogP contribution in [-0.2, 0) is 11.3 Å². The first-order valence-electron chi connectivity index (χ1n) is 8.10. The van der Waals surface area contributed by atoms with E-state index in [1.54, 1.807) is 27.0 Å². The van der Waals surface area contributed by atoms with Crippen LogP contribution in [-0.4, -0.2) is 39.1 Å². The Morgan fingerprint density at radius 3 is 2.65 bits per heavy atom. The lowest BCUT2D eigenvalue weighted by molar-refractivity contribution is 0.0525. The molecular weight excluding hydrogens is 341 g/mol. The van der Waals surface area contributed by atoms with Crippen molar-refractivity contribution in [2.24, 2.45) is 0 Å². The van der Waals surface area contributed by atoms with Crippen molar-refractivity contribution < 1.29 is 23.8 Å². The fourth-order valence-electron chi connectivity index (χ4n) is 2.31. The van der Waals surface area contributed by atoms with Crippen LogP contribution in [0, 0.1) is 12.7 Å². The minimum absolute atomic E-state index is 0.00956. The SMILES string of the molecule is Cc1cc(C(=O)O)c(-c2cnn(CCNC(=O)OC(C)(C)C)c2)cc1F. The van der Waals surface area contributed by atoms with Crippen molar-refractivity contribution in [3.05, 3.63) is 41.5 Å². The van der Waals surface area contributed by atoms with Crippen LogP contribution >= 0.6 is 0 Å². The van der Waals surface area contributed by atoms with Crippen LogP contribution in [0.1, 0.15) is 36.7 Å². The van der Waals surface area contributed by atoms with E-state index < -0.39 is 23.5 Å². The smallest absolute Gasteiger partial charge is 0.407 e. The Morgan fingerprint density at radius 2 is 2.04 bits per heavy atom. The van der Waals surface area contributed by atoms with Gasteiger partial charge in [0.2, 0.25) is 0 Å². The zero-order chi connectivity index (χ0) is 19.5. The molecule has 0 aliphatic rings. The topological polar surface area (TPSA) is 93.5 Å². The number of hydrogen-bond acceptors (Lipinski definition) is 4. The van der Waals surface area contributed by atoms with Crippen LogP contribution in [0.5, 0.6) is 0 Å². The summed E-state index contributed by atoms with van der Waals surface area (Å²) in [5.41, 5.74) is 0.437. The monoisotopic (exact) mass is 363 g/mol. The second-order valence-electron chi connectivity index (χ2n) is 6.87. The molecule has 1 heterocycles. The van der Waals surface area contributed by atoms with E-state index in [0.29, 0.717) is 12.1 Å². The molecule has 2 rings (SSSR count). The molecule has 2 N–H and O–H groups in total. The molecule has 26 heavy (non-hydrogen) atoms. The number of carboxylic acid groups (broad SMARTS) is 1. The van der Waals surface area contributed by atoms with Gasteiger partial charge in [0.15, 0.2) is 0 Å². The fraction of sp³-hybridized carbons (Fsp3) is 0.389. The maximum Gasteiger partial charge on any atom is 0.407 e. The number of aromatic carboxylic acids is 1. The van der Waals surface area contributed by atoms with E-state index in [2.05, 4.69) is 10.4 Å². The Bertz CT molecular complexity index is 824. The summed E-state index contributed by atoms with van der Waals surface area (Å²) in [7, 11) is 0. The molecule has 2 aromatic rings. The fourth-order valence-corrected chi connectivity index (χ4v) is 2.31. The van der Waals surface area contributed by atoms with Crippen molar-refractivity contribution in [2.45, 2.75) is 39.8 Å². The minimum Gasteiger partial charge on any atom is -0.478 e. The molecule has 0 saturated heterocycles. The highest BCUT2D eigenvalue weighted by atomic mass is 19.1. The number of rotatable bonds is 5. The second kappa shape index (κ2) is 7.55. The third-order valence-electron chi connectivity index (χ3n) is 3.48. The van der Waals surface area contributed by atoms with Gasteiger partial charge in [-0.05, 0) is 45.4 Å². The number of hydrogen-bond donors (Lipinski definition) is 2. The number of halogens is 1. The zero-order valence-corrected chi connectivity index (χ0v) is 15.2. The molecule has 1 aromatic carbocycles. The van der Waals surface area contributed by atoms with Gasteiger partial charge in [0.05, 0.1) is 18.3 Å². The number of aryl methyl sites for hydroxylation is 1. The van der Waals surface area contributed by atoms with Crippen molar-refractivity contribution in [3.8, 4) is 11.1 Å². The largest absolute Gasteiger partial charge is 0.478 e. The quantitative estimate of drug-likeness (QED) is 0.851. The molecule has 0 aliphatic heterocycles. The molecular formula is C18H22FN3O4. The van der Waals surface area contributed by atoms with Crippen LogP contribution in [0.4, 0.5) is 9.18 Å². The highest BCUT2D eigenvalue weighted by Crippen LogP contribution is 2.26. The van der Waals surface area contributed by atoms with Gasteiger partial charge in [-0.25, -0.2) is 14.0 Å².